The molecule has 3 fully saturated rings. The number of rotatable bonds is 11. The Morgan fingerprint density at radius 3 is 2.63 bits per heavy atom. The summed E-state index contributed by atoms with van der Waals surface area (Å²) < 4.78 is 22.7. The van der Waals surface area contributed by atoms with Crippen molar-refractivity contribution in [2.45, 2.75) is 63.7 Å². The highest BCUT2D eigenvalue weighted by Gasteiger charge is 2.62. The largest absolute Gasteiger partial charge is 0.490 e. The molecule has 1 saturated heterocycles. The summed E-state index contributed by atoms with van der Waals surface area (Å²) in [5.41, 5.74) is -0.190. The molecule has 1 aliphatic heterocycles. The van der Waals surface area contributed by atoms with Crippen LogP contribution in [0.2, 0.25) is 0 Å². The van der Waals surface area contributed by atoms with Crippen molar-refractivity contribution in [1.29, 1.82) is 0 Å². The molecule has 30 heavy (non-hydrogen) atoms. The van der Waals surface area contributed by atoms with Crippen molar-refractivity contribution in [2.24, 2.45) is 17.8 Å². The van der Waals surface area contributed by atoms with Crippen LogP contribution in [0, 0.1) is 17.8 Å². The Kier molecular flexibility index (Phi) is 6.32. The van der Waals surface area contributed by atoms with E-state index in [0.717, 1.165) is 42.5 Å². The molecule has 7 heteroatoms. The number of fused-ring (bicyclic) bond motifs is 1. The molecule has 2 saturated carbocycles. The molecule has 0 bridgehead atoms. The number of carbonyl (C=O) groups is 1. The summed E-state index contributed by atoms with van der Waals surface area (Å²) in [4.78, 5) is 19.5. The first kappa shape index (κ1) is 21.5. The second-order valence-corrected chi connectivity index (χ2v) is 9.41. The zero-order valence-corrected chi connectivity index (χ0v) is 18.5. The monoisotopic (exact) mass is 418 g/mol. The predicted molar refractivity (Wildman–Crippen MR) is 111 cm³/mol. The van der Waals surface area contributed by atoms with Crippen LogP contribution in [0.5, 0.6) is 5.75 Å². The van der Waals surface area contributed by atoms with Gasteiger partial charge in [0.05, 0.1) is 12.1 Å². The van der Waals surface area contributed by atoms with Gasteiger partial charge in [0.1, 0.15) is 19.3 Å². The van der Waals surface area contributed by atoms with Crippen molar-refractivity contribution >= 4 is 5.91 Å². The molecule has 2 heterocycles. The summed E-state index contributed by atoms with van der Waals surface area (Å²) in [5, 5.41) is 0. The van der Waals surface area contributed by atoms with E-state index >= 15 is 0 Å². The summed E-state index contributed by atoms with van der Waals surface area (Å²) in [6, 6.07) is 3.77. The number of hydrogen-bond acceptors (Lipinski definition) is 6. The van der Waals surface area contributed by atoms with Gasteiger partial charge in [0.2, 0.25) is 0 Å². The minimum Gasteiger partial charge on any atom is -0.490 e. The Morgan fingerprint density at radius 1 is 1.20 bits per heavy atom. The predicted octanol–water partition coefficient (Wildman–Crippen LogP) is 3.02. The molecule has 1 aromatic heterocycles. The molecule has 2 aliphatic carbocycles. The lowest BCUT2D eigenvalue weighted by Gasteiger charge is -2.55. The van der Waals surface area contributed by atoms with E-state index in [1.807, 2.05) is 12.1 Å². The molecule has 1 aromatic rings. The first-order chi connectivity index (χ1) is 14.5. The van der Waals surface area contributed by atoms with Gasteiger partial charge in [-0.2, -0.15) is 0 Å². The van der Waals surface area contributed by atoms with Crippen molar-refractivity contribution in [3.63, 3.8) is 0 Å². The van der Waals surface area contributed by atoms with Crippen LogP contribution in [0.4, 0.5) is 0 Å². The summed E-state index contributed by atoms with van der Waals surface area (Å²) >= 11 is 0. The van der Waals surface area contributed by atoms with E-state index in [4.69, 9.17) is 18.9 Å². The fourth-order valence-electron chi connectivity index (χ4n) is 5.17. The van der Waals surface area contributed by atoms with Gasteiger partial charge >= 0.3 is 0 Å². The van der Waals surface area contributed by atoms with Gasteiger partial charge in [-0.3, -0.25) is 9.78 Å². The lowest BCUT2D eigenvalue weighted by atomic mass is 9.75. The second-order valence-electron chi connectivity index (χ2n) is 9.41. The SMILES string of the molecule is COCO[C@@]1(Cc2cc(OC3C[C@@H]4C[C@@H]4C3)ccn2)C(=O)N(COC)[C@H]1CC(C)C. The lowest BCUT2D eigenvalue weighted by molar-refractivity contribution is -0.235. The number of hydrogen-bond donors (Lipinski definition) is 0. The smallest absolute Gasteiger partial charge is 0.259 e. The Morgan fingerprint density at radius 2 is 1.97 bits per heavy atom. The van der Waals surface area contributed by atoms with Crippen LogP contribution < -0.4 is 4.74 Å². The summed E-state index contributed by atoms with van der Waals surface area (Å²) in [7, 11) is 3.17. The maximum absolute atomic E-state index is 13.2. The number of carbonyl (C=O) groups excluding carboxylic acids is 1. The van der Waals surface area contributed by atoms with Gasteiger partial charge in [-0.1, -0.05) is 13.8 Å². The minimum absolute atomic E-state index is 0.0577. The van der Waals surface area contributed by atoms with Crippen LogP contribution in [0.1, 0.15) is 45.2 Å². The Balaban J connectivity index is 1.51. The number of β-lactam (4-membered cyclic amide) rings is 1. The highest BCUT2D eigenvalue weighted by Crippen LogP contribution is 2.52. The van der Waals surface area contributed by atoms with Gasteiger partial charge in [0, 0.05) is 38.6 Å². The molecular weight excluding hydrogens is 384 g/mol. The molecule has 0 N–H and O–H groups in total. The minimum atomic E-state index is -0.987. The zero-order valence-electron chi connectivity index (χ0n) is 18.5. The summed E-state index contributed by atoms with van der Waals surface area (Å²) in [5.74, 6) is 2.91. The van der Waals surface area contributed by atoms with Crippen LogP contribution in [0.15, 0.2) is 18.3 Å². The van der Waals surface area contributed by atoms with Crippen molar-refractivity contribution in [3.05, 3.63) is 24.0 Å². The fraction of sp³-hybridized carbons (Fsp3) is 0.739. The van der Waals surface area contributed by atoms with Crippen molar-refractivity contribution < 1.29 is 23.7 Å². The quantitative estimate of drug-likeness (QED) is 0.406. The van der Waals surface area contributed by atoms with E-state index in [2.05, 4.69) is 18.8 Å². The molecule has 7 nitrogen and oxygen atoms in total. The Bertz CT molecular complexity index is 747. The third-order valence-electron chi connectivity index (χ3n) is 6.67. The first-order valence-corrected chi connectivity index (χ1v) is 11.0. The van der Waals surface area contributed by atoms with Crippen molar-refractivity contribution in [2.75, 3.05) is 27.7 Å². The number of nitrogens with zero attached hydrogens (tertiary/aromatic N) is 2. The molecular formula is C23H34N2O5. The van der Waals surface area contributed by atoms with E-state index < -0.39 is 5.60 Å². The van der Waals surface area contributed by atoms with Crippen LogP contribution in [-0.4, -0.2) is 61.3 Å². The van der Waals surface area contributed by atoms with Gasteiger partial charge in [-0.05, 0) is 49.5 Å². The molecule has 1 amide bonds. The van der Waals surface area contributed by atoms with E-state index in [-0.39, 0.29) is 25.5 Å². The number of aromatic nitrogens is 1. The van der Waals surface area contributed by atoms with Gasteiger partial charge in [0.15, 0.2) is 5.60 Å². The van der Waals surface area contributed by atoms with Gasteiger partial charge in [0.25, 0.3) is 5.91 Å². The van der Waals surface area contributed by atoms with Gasteiger partial charge in [-0.25, -0.2) is 0 Å². The Hall–Kier alpha value is -1.70. The number of pyridine rings is 1. The third-order valence-corrected chi connectivity index (χ3v) is 6.67. The van der Waals surface area contributed by atoms with E-state index in [1.165, 1.54) is 6.42 Å². The zero-order chi connectivity index (χ0) is 21.3. The average Bonchev–Trinajstić information content (AvgIpc) is 3.34. The summed E-state index contributed by atoms with van der Waals surface area (Å²) in [6.07, 6.45) is 6.96. The molecule has 0 radical (unpaired) electrons. The van der Waals surface area contributed by atoms with Crippen LogP contribution in [0.3, 0.4) is 0 Å². The Labute approximate surface area is 179 Å². The second kappa shape index (κ2) is 8.81. The van der Waals surface area contributed by atoms with Gasteiger partial charge in [-0.15, -0.1) is 0 Å². The van der Waals surface area contributed by atoms with Gasteiger partial charge < -0.3 is 23.8 Å². The maximum Gasteiger partial charge on any atom is 0.259 e. The number of ether oxygens (including phenoxy) is 4. The molecule has 1 unspecified atom stereocenters. The molecule has 4 rings (SSSR count). The van der Waals surface area contributed by atoms with Crippen molar-refractivity contribution in [1.82, 2.24) is 9.88 Å². The number of likely N-dealkylation sites (tertiary alicyclic amines) is 1. The maximum atomic E-state index is 13.2. The van der Waals surface area contributed by atoms with Crippen LogP contribution in [0.25, 0.3) is 0 Å². The van der Waals surface area contributed by atoms with Crippen LogP contribution >= 0.6 is 0 Å². The summed E-state index contributed by atoms with van der Waals surface area (Å²) in [6.45, 7) is 4.61. The molecule has 5 atom stereocenters. The third kappa shape index (κ3) is 4.20. The van der Waals surface area contributed by atoms with Crippen molar-refractivity contribution in [3.8, 4) is 5.75 Å². The highest BCUT2D eigenvalue weighted by molar-refractivity contribution is 5.93. The molecule has 0 aromatic carbocycles. The normalized spacial score (nSPS) is 32.3. The molecule has 3 aliphatic rings. The highest BCUT2D eigenvalue weighted by atomic mass is 16.7. The van der Waals surface area contributed by atoms with E-state index in [9.17, 15) is 4.79 Å². The van der Waals surface area contributed by atoms with E-state index in [0.29, 0.717) is 18.4 Å². The number of methoxy groups -OCH3 is 2. The van der Waals surface area contributed by atoms with Crippen LogP contribution in [-0.2, 0) is 25.4 Å². The topological polar surface area (TPSA) is 70.1 Å². The first-order valence-electron chi connectivity index (χ1n) is 11.0. The number of amides is 1. The molecule has 0 spiro atoms. The molecule has 166 valence electrons. The van der Waals surface area contributed by atoms with E-state index in [1.54, 1.807) is 25.3 Å². The lowest BCUT2D eigenvalue weighted by Crippen LogP contribution is -2.76. The standard InChI is InChI=1S/C23H34N2O5/c1-15(2)7-21-23(29-14-28-4,22(26)25(21)13-27-3)12-18-11-19(5-6-24-18)30-20-9-16-8-17(16)10-20/h5-6,11,15-17,20-21H,7-10,12-14H2,1-4H3/t16-,17+,20?,21-,23+/m0/s1. The average molecular weight is 419 g/mol. The fourth-order valence-corrected chi connectivity index (χ4v) is 5.17.